The second kappa shape index (κ2) is 8.35. The van der Waals surface area contributed by atoms with E-state index in [-0.39, 0.29) is 5.41 Å². The van der Waals surface area contributed by atoms with E-state index in [4.69, 9.17) is 4.42 Å². The number of fused-ring (bicyclic) bond motifs is 5. The highest BCUT2D eigenvalue weighted by atomic mass is 16.3. The first kappa shape index (κ1) is 22.5. The van der Waals surface area contributed by atoms with Crippen LogP contribution < -0.4 is 4.57 Å². The molecule has 0 saturated heterocycles. The van der Waals surface area contributed by atoms with Crippen molar-refractivity contribution in [1.82, 2.24) is 0 Å². The van der Waals surface area contributed by atoms with Gasteiger partial charge in [0.15, 0.2) is 17.8 Å². The summed E-state index contributed by atoms with van der Waals surface area (Å²) in [5.41, 5.74) is 8.26. The lowest BCUT2D eigenvalue weighted by Crippen LogP contribution is -2.47. The highest BCUT2D eigenvalue weighted by Gasteiger charge is 2.41. The molecule has 2 aromatic heterocycles. The molecular formula is C29H37N2O+. The zero-order valence-corrected chi connectivity index (χ0v) is 20.7. The Labute approximate surface area is 192 Å². The van der Waals surface area contributed by atoms with Crippen LogP contribution in [0.2, 0.25) is 0 Å². The lowest BCUT2D eigenvalue weighted by Gasteiger charge is -2.31. The fourth-order valence-corrected chi connectivity index (χ4v) is 5.24. The van der Waals surface area contributed by atoms with Gasteiger partial charge in [-0.1, -0.05) is 59.4 Å². The lowest BCUT2D eigenvalue weighted by atomic mass is 9.77. The van der Waals surface area contributed by atoms with Gasteiger partial charge in [0, 0.05) is 41.1 Å². The Balaban J connectivity index is 2.11. The number of hydrogen-bond acceptors (Lipinski definition) is 2. The minimum atomic E-state index is 0.122. The first-order chi connectivity index (χ1) is 15.3. The summed E-state index contributed by atoms with van der Waals surface area (Å²) in [5.74, 6) is 1.12. The second-order valence-electron chi connectivity index (χ2n) is 9.93. The molecule has 2 atom stereocenters. The summed E-state index contributed by atoms with van der Waals surface area (Å²) in [6.07, 6.45) is 7.48. The smallest absolute Gasteiger partial charge is 0.227 e. The highest BCUT2D eigenvalue weighted by molar-refractivity contribution is 6.01. The third-order valence-electron chi connectivity index (χ3n) is 7.42. The number of benzene rings is 1. The molecule has 2 unspecified atom stereocenters. The molecule has 3 heterocycles. The molecular weight excluding hydrogens is 392 g/mol. The third kappa shape index (κ3) is 3.43. The monoisotopic (exact) mass is 429 g/mol. The minimum Gasteiger partial charge on any atom is -0.437 e. The summed E-state index contributed by atoms with van der Waals surface area (Å²) in [7, 11) is 0. The number of aliphatic imine (C=N–C) groups is 1. The predicted octanol–water partition coefficient (Wildman–Crippen LogP) is 8.29. The minimum absolute atomic E-state index is 0.122. The van der Waals surface area contributed by atoms with Crippen LogP contribution in [0.25, 0.3) is 28.3 Å². The number of hydrogen-bond donors (Lipinski definition) is 0. The molecule has 1 aliphatic rings. The summed E-state index contributed by atoms with van der Waals surface area (Å²) in [4.78, 5) is 4.68. The molecule has 3 aromatic rings. The zero-order valence-electron chi connectivity index (χ0n) is 20.7. The molecule has 0 aliphatic carbocycles. The van der Waals surface area contributed by atoms with Gasteiger partial charge in [0.2, 0.25) is 11.6 Å². The van der Waals surface area contributed by atoms with E-state index < -0.39 is 0 Å². The molecule has 0 spiro atoms. The van der Waals surface area contributed by atoms with E-state index in [9.17, 15) is 0 Å². The van der Waals surface area contributed by atoms with Crippen molar-refractivity contribution < 1.29 is 8.98 Å². The quantitative estimate of drug-likeness (QED) is 0.286. The van der Waals surface area contributed by atoms with Crippen LogP contribution in [0.5, 0.6) is 0 Å². The van der Waals surface area contributed by atoms with Crippen LogP contribution in [-0.2, 0) is 5.41 Å². The molecule has 0 bridgehead atoms. The van der Waals surface area contributed by atoms with Crippen LogP contribution in [0, 0.1) is 0 Å². The molecule has 0 radical (unpaired) electrons. The topological polar surface area (TPSA) is 29.4 Å². The second-order valence-corrected chi connectivity index (χ2v) is 9.93. The Morgan fingerprint density at radius 3 is 2.50 bits per heavy atom. The number of pyridine rings is 1. The zero-order chi connectivity index (χ0) is 23.2. The molecule has 3 heteroatoms. The normalized spacial score (nSPS) is 17.7. The van der Waals surface area contributed by atoms with E-state index >= 15 is 0 Å². The molecule has 1 aromatic carbocycles. The summed E-state index contributed by atoms with van der Waals surface area (Å²) in [6.45, 7) is 19.6. The van der Waals surface area contributed by atoms with Gasteiger partial charge < -0.3 is 4.42 Å². The van der Waals surface area contributed by atoms with Crippen molar-refractivity contribution in [3.05, 3.63) is 53.7 Å². The van der Waals surface area contributed by atoms with Crippen LogP contribution in [0.15, 0.2) is 46.5 Å². The third-order valence-corrected chi connectivity index (χ3v) is 7.42. The number of aromatic nitrogens is 1. The number of nitrogens with zero attached hydrogens (tertiary/aromatic N) is 2. The van der Waals surface area contributed by atoms with Crippen molar-refractivity contribution in [2.45, 2.75) is 85.1 Å². The molecule has 168 valence electrons. The standard InChI is InChI=1S/C29H37N2O/c1-9-20-22-13-14-23-21(10-2)28(30-18(5)6)32-27(23)26(22)25-17-19(29(7,8)12-4)15-16-31(25)24(20)11-3/h10,13-17,20,24H,2,9,11-12H2,1,3-8H3/q+1. The van der Waals surface area contributed by atoms with Crippen molar-refractivity contribution in [1.29, 1.82) is 0 Å². The molecule has 0 saturated carbocycles. The van der Waals surface area contributed by atoms with E-state index in [1.807, 2.05) is 19.9 Å². The van der Waals surface area contributed by atoms with E-state index in [0.717, 1.165) is 41.5 Å². The van der Waals surface area contributed by atoms with Crippen LogP contribution >= 0.6 is 0 Å². The van der Waals surface area contributed by atoms with Crippen LogP contribution in [0.4, 0.5) is 5.88 Å². The summed E-state index contributed by atoms with van der Waals surface area (Å²) in [6, 6.07) is 9.71. The molecule has 1 aliphatic heterocycles. The molecule has 3 nitrogen and oxygen atoms in total. The SMILES string of the molecule is C=Cc1c(N=C(C)C)oc2c3c(ccc12)C(CC)C(CC)[n+]1ccc(C(C)(C)CC)cc1-3. The molecule has 4 rings (SSSR count). The Morgan fingerprint density at radius 1 is 1.16 bits per heavy atom. The van der Waals surface area contributed by atoms with E-state index in [1.165, 1.54) is 22.4 Å². The van der Waals surface area contributed by atoms with Crippen LogP contribution in [0.1, 0.15) is 96.4 Å². The van der Waals surface area contributed by atoms with Gasteiger partial charge in [-0.2, -0.15) is 4.57 Å². The van der Waals surface area contributed by atoms with Gasteiger partial charge in [0.25, 0.3) is 0 Å². The van der Waals surface area contributed by atoms with Gasteiger partial charge in [-0.05, 0) is 43.2 Å². The number of furan rings is 1. The van der Waals surface area contributed by atoms with Gasteiger partial charge in [-0.25, -0.2) is 4.99 Å². The van der Waals surface area contributed by atoms with Gasteiger partial charge in [0.05, 0.1) is 5.56 Å². The Bertz CT molecular complexity index is 1210. The Hall–Kier alpha value is -2.68. The predicted molar refractivity (Wildman–Crippen MR) is 136 cm³/mol. The van der Waals surface area contributed by atoms with E-state index in [1.54, 1.807) is 0 Å². The summed E-state index contributed by atoms with van der Waals surface area (Å²) < 4.78 is 8.99. The van der Waals surface area contributed by atoms with Gasteiger partial charge in [-0.3, -0.25) is 0 Å². The van der Waals surface area contributed by atoms with E-state index in [0.29, 0.717) is 17.8 Å². The van der Waals surface area contributed by atoms with Crippen molar-refractivity contribution in [3.8, 4) is 11.3 Å². The lowest BCUT2D eigenvalue weighted by molar-refractivity contribution is -0.718. The average molecular weight is 430 g/mol. The summed E-state index contributed by atoms with van der Waals surface area (Å²) >= 11 is 0. The molecule has 32 heavy (non-hydrogen) atoms. The highest BCUT2D eigenvalue weighted by Crippen LogP contribution is 2.48. The molecule has 0 N–H and O–H groups in total. The average Bonchev–Trinajstić information content (AvgIpc) is 3.13. The van der Waals surface area contributed by atoms with Gasteiger partial charge >= 0.3 is 0 Å². The fourth-order valence-electron chi connectivity index (χ4n) is 5.24. The van der Waals surface area contributed by atoms with Crippen LogP contribution in [0.3, 0.4) is 0 Å². The van der Waals surface area contributed by atoms with E-state index in [2.05, 4.69) is 81.2 Å². The van der Waals surface area contributed by atoms with Crippen molar-refractivity contribution in [2.24, 2.45) is 4.99 Å². The Morgan fingerprint density at radius 2 is 1.91 bits per heavy atom. The number of rotatable bonds is 6. The maximum atomic E-state index is 6.50. The Kier molecular flexibility index (Phi) is 5.87. The molecule has 0 fully saturated rings. The maximum Gasteiger partial charge on any atom is 0.227 e. The van der Waals surface area contributed by atoms with Gasteiger partial charge in [-0.15, -0.1) is 0 Å². The molecule has 0 amide bonds. The largest absolute Gasteiger partial charge is 0.437 e. The fraction of sp³-hybridized carbons (Fsp3) is 0.448. The first-order valence-electron chi connectivity index (χ1n) is 12.1. The van der Waals surface area contributed by atoms with Crippen molar-refractivity contribution in [3.63, 3.8) is 0 Å². The maximum absolute atomic E-state index is 6.50. The van der Waals surface area contributed by atoms with Gasteiger partial charge in [0.1, 0.15) is 0 Å². The van der Waals surface area contributed by atoms with Crippen molar-refractivity contribution >= 4 is 28.6 Å². The first-order valence-corrected chi connectivity index (χ1v) is 12.1. The summed E-state index contributed by atoms with van der Waals surface area (Å²) in [5, 5.41) is 1.09. The van der Waals surface area contributed by atoms with Crippen molar-refractivity contribution in [2.75, 3.05) is 0 Å². The van der Waals surface area contributed by atoms with Crippen LogP contribution in [-0.4, -0.2) is 5.71 Å².